The average molecular weight is 1250 g/mol. The zero-order valence-electron chi connectivity index (χ0n) is 56.4. The SMILES string of the molecule is Cc1ccc(N(c2ccc(-c3cccc4ccccc34)cc2)c2ccc3c(c2)C(C)(C)c2cc(/C=C/c4ccc5c(c4)C(C)(C)c4cc(/C=C/c6ccc7c(c6)C(C)(C)c6cc(N(c8ccc(C)cc8)c8ccc(-c9cccc%10ccccc9%10)cc8)ccc6-7)ccc4-5)ccc2-3)cc1. The molecule has 466 valence electrons. The molecule has 0 heterocycles. The summed E-state index contributed by atoms with van der Waals surface area (Å²) in [6.07, 6.45) is 9.21. The lowest BCUT2D eigenvalue weighted by molar-refractivity contribution is 0.660. The highest BCUT2D eigenvalue weighted by molar-refractivity contribution is 5.99. The highest BCUT2D eigenvalue weighted by Crippen LogP contribution is 2.54. The number of benzene rings is 14. The molecule has 2 heteroatoms. The van der Waals surface area contributed by atoms with Crippen molar-refractivity contribution in [2.24, 2.45) is 0 Å². The van der Waals surface area contributed by atoms with Gasteiger partial charge in [-0.25, -0.2) is 0 Å². The number of anilines is 6. The first-order valence-electron chi connectivity index (χ1n) is 34.3. The summed E-state index contributed by atoms with van der Waals surface area (Å²) in [7, 11) is 0. The van der Waals surface area contributed by atoms with Crippen molar-refractivity contribution in [3.8, 4) is 55.6 Å². The van der Waals surface area contributed by atoms with Crippen LogP contribution in [0.25, 0.3) is 101 Å². The lowest BCUT2D eigenvalue weighted by Gasteiger charge is -2.28. The monoisotopic (exact) mass is 1240 g/mol. The van der Waals surface area contributed by atoms with Gasteiger partial charge in [-0.1, -0.05) is 295 Å². The minimum atomic E-state index is -0.211. The van der Waals surface area contributed by atoms with Crippen LogP contribution in [0.1, 0.15) is 108 Å². The Balaban J connectivity index is 0.600. The molecule has 0 N–H and O–H groups in total. The van der Waals surface area contributed by atoms with Crippen molar-refractivity contribution in [3.63, 3.8) is 0 Å². The molecule has 0 bridgehead atoms. The molecular weight excluding hydrogens is 1170 g/mol. The van der Waals surface area contributed by atoms with Crippen LogP contribution in [-0.4, -0.2) is 0 Å². The summed E-state index contributed by atoms with van der Waals surface area (Å²) in [5.74, 6) is 0. The summed E-state index contributed by atoms with van der Waals surface area (Å²) in [5.41, 5.74) is 34.5. The third-order valence-corrected chi connectivity index (χ3v) is 21.6. The number of aryl methyl sites for hydroxylation is 2. The first-order valence-corrected chi connectivity index (χ1v) is 34.3. The molecule has 0 spiro atoms. The van der Waals surface area contributed by atoms with Gasteiger partial charge >= 0.3 is 0 Å². The van der Waals surface area contributed by atoms with E-state index >= 15 is 0 Å². The fourth-order valence-corrected chi connectivity index (χ4v) is 16.2. The van der Waals surface area contributed by atoms with Gasteiger partial charge in [0.25, 0.3) is 0 Å². The standard InChI is InChI=1S/C95H76N2/c1-61-23-39-71(40-24-61)96(73-43-35-69(36-44-73)79-21-13-17-67-15-9-11-19-77(67)79)75-47-53-85-83-51-33-65(57-89(83)94(5,6)91(85)59-75)29-27-63-31-49-81-82-50-32-64(56-88(82)93(3,4)87(81)55-63)28-30-66-34-52-84-86-54-48-76(60-92(86)95(7,8)90(84)58-66)97(72-41-25-62(2)26-42-72)74-45-37-70(38-46-74)80-22-14-18-68-16-10-12-20-78(68)80/h9-60H,1-8H3/b29-27+,30-28+. The van der Waals surface area contributed by atoms with Crippen molar-refractivity contribution in [2.45, 2.75) is 71.6 Å². The molecule has 0 aliphatic heterocycles. The van der Waals surface area contributed by atoms with Crippen LogP contribution < -0.4 is 9.80 Å². The molecule has 3 aliphatic carbocycles. The van der Waals surface area contributed by atoms with Gasteiger partial charge in [-0.3, -0.25) is 0 Å². The van der Waals surface area contributed by atoms with Crippen molar-refractivity contribution in [1.29, 1.82) is 0 Å². The van der Waals surface area contributed by atoms with Crippen molar-refractivity contribution < 1.29 is 0 Å². The van der Waals surface area contributed by atoms with Gasteiger partial charge in [-0.15, -0.1) is 0 Å². The molecule has 2 nitrogen and oxygen atoms in total. The van der Waals surface area contributed by atoms with Gasteiger partial charge in [-0.2, -0.15) is 0 Å². The first kappa shape index (κ1) is 59.4. The summed E-state index contributed by atoms with van der Waals surface area (Å²) >= 11 is 0. The summed E-state index contributed by atoms with van der Waals surface area (Å²) in [5, 5.41) is 5.04. The highest BCUT2D eigenvalue weighted by atomic mass is 15.1. The summed E-state index contributed by atoms with van der Waals surface area (Å²) in [6.45, 7) is 18.7. The van der Waals surface area contributed by atoms with E-state index in [0.717, 1.165) is 34.1 Å². The van der Waals surface area contributed by atoms with Crippen molar-refractivity contribution in [1.82, 2.24) is 0 Å². The molecule has 14 aromatic rings. The fraction of sp³-hybridized carbons (Fsp3) is 0.116. The lowest BCUT2D eigenvalue weighted by Crippen LogP contribution is -2.16. The van der Waals surface area contributed by atoms with E-state index in [1.807, 2.05) is 0 Å². The summed E-state index contributed by atoms with van der Waals surface area (Å²) in [6, 6.07) is 109. The van der Waals surface area contributed by atoms with Gasteiger partial charge in [0.05, 0.1) is 0 Å². The molecular formula is C95H76N2. The normalized spacial score (nSPS) is 14.1. The van der Waals surface area contributed by atoms with Crippen molar-refractivity contribution in [2.75, 3.05) is 9.80 Å². The number of nitrogens with zero attached hydrogens (tertiary/aromatic N) is 2. The largest absolute Gasteiger partial charge is 0.310 e. The van der Waals surface area contributed by atoms with Crippen LogP contribution in [-0.2, 0) is 16.2 Å². The summed E-state index contributed by atoms with van der Waals surface area (Å²) in [4.78, 5) is 4.82. The van der Waals surface area contributed by atoms with E-state index in [1.54, 1.807) is 0 Å². The Hall–Kier alpha value is -11.3. The molecule has 0 fully saturated rings. The van der Waals surface area contributed by atoms with Gasteiger partial charge in [-0.05, 0) is 219 Å². The van der Waals surface area contributed by atoms with E-state index in [1.165, 1.54) is 144 Å². The second kappa shape index (κ2) is 23.0. The predicted octanol–water partition coefficient (Wildman–Crippen LogP) is 26.1. The van der Waals surface area contributed by atoms with Crippen LogP contribution in [0, 0.1) is 13.8 Å². The fourth-order valence-electron chi connectivity index (χ4n) is 16.2. The number of hydrogen-bond acceptors (Lipinski definition) is 2. The second-order valence-corrected chi connectivity index (χ2v) is 28.7. The van der Waals surface area contributed by atoms with Crippen LogP contribution in [0.5, 0.6) is 0 Å². The topological polar surface area (TPSA) is 6.48 Å². The molecule has 0 saturated heterocycles. The zero-order valence-corrected chi connectivity index (χ0v) is 56.4. The molecule has 0 atom stereocenters. The number of hydrogen-bond donors (Lipinski definition) is 0. The quantitative estimate of drug-likeness (QED) is 0.113. The summed E-state index contributed by atoms with van der Waals surface area (Å²) < 4.78 is 0. The first-order chi connectivity index (χ1) is 47.1. The Kier molecular flexibility index (Phi) is 14.1. The maximum absolute atomic E-state index is 2.43. The molecule has 17 rings (SSSR count). The Labute approximate surface area is 571 Å². The molecule has 0 aromatic heterocycles. The zero-order chi connectivity index (χ0) is 65.9. The van der Waals surface area contributed by atoms with Crippen LogP contribution >= 0.6 is 0 Å². The highest BCUT2D eigenvalue weighted by Gasteiger charge is 2.39. The van der Waals surface area contributed by atoms with Gasteiger partial charge < -0.3 is 9.80 Å². The molecule has 3 aliphatic rings. The Morgan fingerprint density at radius 1 is 0.227 bits per heavy atom. The van der Waals surface area contributed by atoms with Gasteiger partial charge in [0.2, 0.25) is 0 Å². The van der Waals surface area contributed by atoms with Crippen LogP contribution in [0.2, 0.25) is 0 Å². The molecule has 0 saturated carbocycles. The van der Waals surface area contributed by atoms with E-state index in [-0.39, 0.29) is 16.2 Å². The van der Waals surface area contributed by atoms with Crippen molar-refractivity contribution >= 4 is 80.0 Å². The molecule has 0 radical (unpaired) electrons. The van der Waals surface area contributed by atoms with Gasteiger partial charge in [0, 0.05) is 50.4 Å². The average Bonchev–Trinajstić information content (AvgIpc) is 1.60. The van der Waals surface area contributed by atoms with Gasteiger partial charge in [0.15, 0.2) is 0 Å². The Morgan fingerprint density at radius 3 is 0.804 bits per heavy atom. The third-order valence-electron chi connectivity index (χ3n) is 21.6. The predicted molar refractivity (Wildman–Crippen MR) is 415 cm³/mol. The minimum absolute atomic E-state index is 0.172. The lowest BCUT2D eigenvalue weighted by atomic mass is 9.81. The Bertz CT molecular complexity index is 5180. The second-order valence-electron chi connectivity index (χ2n) is 28.7. The number of rotatable bonds is 12. The number of fused-ring (bicyclic) bond motifs is 11. The smallest absolute Gasteiger partial charge is 0.0465 e. The van der Waals surface area contributed by atoms with E-state index < -0.39 is 0 Å². The van der Waals surface area contributed by atoms with Crippen LogP contribution in [0.3, 0.4) is 0 Å². The minimum Gasteiger partial charge on any atom is -0.310 e. The Morgan fingerprint density at radius 2 is 0.485 bits per heavy atom. The maximum Gasteiger partial charge on any atom is 0.0465 e. The molecule has 14 aromatic carbocycles. The molecule has 0 unspecified atom stereocenters. The third kappa shape index (κ3) is 10.2. The van der Waals surface area contributed by atoms with Crippen LogP contribution in [0.15, 0.2) is 291 Å². The van der Waals surface area contributed by atoms with Crippen molar-refractivity contribution in [3.05, 3.63) is 358 Å². The maximum atomic E-state index is 2.43. The van der Waals surface area contributed by atoms with Gasteiger partial charge in [0.1, 0.15) is 0 Å². The van der Waals surface area contributed by atoms with E-state index in [4.69, 9.17) is 0 Å². The van der Waals surface area contributed by atoms with E-state index in [0.29, 0.717) is 0 Å². The van der Waals surface area contributed by atoms with Crippen LogP contribution in [0.4, 0.5) is 34.1 Å². The van der Waals surface area contributed by atoms with E-state index in [9.17, 15) is 0 Å². The molecule has 97 heavy (non-hydrogen) atoms. The van der Waals surface area contributed by atoms with E-state index in [2.05, 4.69) is 381 Å². The molecule has 0 amide bonds.